The van der Waals surface area contributed by atoms with Gasteiger partial charge in [-0.3, -0.25) is 0 Å². The maximum absolute atomic E-state index is 9.88. The van der Waals surface area contributed by atoms with Crippen molar-refractivity contribution in [1.29, 1.82) is 5.26 Å². The van der Waals surface area contributed by atoms with Crippen LogP contribution in [0.15, 0.2) is 18.2 Å². The van der Waals surface area contributed by atoms with Crippen LogP contribution in [-0.2, 0) is 0 Å². The van der Waals surface area contributed by atoms with E-state index in [0.29, 0.717) is 5.56 Å². The quantitative estimate of drug-likeness (QED) is 0.733. The predicted octanol–water partition coefficient (Wildman–Crippen LogP) is 2.08. The van der Waals surface area contributed by atoms with Gasteiger partial charge in [-0.25, -0.2) is 0 Å². The van der Waals surface area contributed by atoms with Crippen molar-refractivity contribution < 1.29 is 5.11 Å². The third-order valence-electron chi connectivity index (χ3n) is 2.87. The van der Waals surface area contributed by atoms with Gasteiger partial charge in [0.05, 0.1) is 5.56 Å². The Kier molecular flexibility index (Phi) is 2.89. The van der Waals surface area contributed by atoms with E-state index in [1.807, 2.05) is 18.2 Å². The van der Waals surface area contributed by atoms with E-state index in [0.717, 1.165) is 18.5 Å². The van der Waals surface area contributed by atoms with E-state index in [1.54, 1.807) is 6.07 Å². The maximum atomic E-state index is 9.88. The average Bonchev–Trinajstić information content (AvgIpc) is 2.30. The molecule has 1 heterocycles. The number of rotatable bonds is 1. The van der Waals surface area contributed by atoms with Crippen molar-refractivity contribution in [3.05, 3.63) is 29.3 Å². The van der Waals surface area contributed by atoms with E-state index in [9.17, 15) is 5.11 Å². The molecule has 0 saturated carbocycles. The molecule has 0 spiro atoms. The summed E-state index contributed by atoms with van der Waals surface area (Å²) in [7, 11) is 0. The first kappa shape index (κ1) is 10.0. The number of phenolic OH excluding ortho intramolecular Hbond substituents is 1. The molecule has 1 aliphatic heterocycles. The molecule has 1 atom stereocenters. The Balaban J connectivity index is 2.31. The van der Waals surface area contributed by atoms with Gasteiger partial charge in [-0.1, -0.05) is 18.6 Å². The van der Waals surface area contributed by atoms with Gasteiger partial charge in [-0.05, 0) is 25.5 Å². The molecule has 0 unspecified atom stereocenters. The van der Waals surface area contributed by atoms with Gasteiger partial charge in [0.25, 0.3) is 0 Å². The second-order valence-corrected chi connectivity index (χ2v) is 3.86. The molecule has 3 heteroatoms. The summed E-state index contributed by atoms with van der Waals surface area (Å²) in [6.45, 7) is 0.987. The Morgan fingerprint density at radius 1 is 1.40 bits per heavy atom. The van der Waals surface area contributed by atoms with Gasteiger partial charge in [-0.2, -0.15) is 5.26 Å². The number of hydrogen-bond acceptors (Lipinski definition) is 3. The lowest BCUT2D eigenvalue weighted by Crippen LogP contribution is -2.26. The lowest BCUT2D eigenvalue weighted by molar-refractivity contribution is 0.390. The van der Waals surface area contributed by atoms with Gasteiger partial charge in [-0.15, -0.1) is 0 Å². The molecule has 0 bridgehead atoms. The largest absolute Gasteiger partial charge is 0.506 e. The van der Waals surface area contributed by atoms with Crippen LogP contribution in [0.4, 0.5) is 0 Å². The van der Waals surface area contributed by atoms with Crippen LogP contribution >= 0.6 is 0 Å². The molecule has 15 heavy (non-hydrogen) atoms. The monoisotopic (exact) mass is 202 g/mol. The lowest BCUT2D eigenvalue weighted by Gasteiger charge is -2.24. The van der Waals surface area contributed by atoms with E-state index < -0.39 is 0 Å². The third kappa shape index (κ3) is 1.95. The summed E-state index contributed by atoms with van der Waals surface area (Å²) in [5.74, 6) is 0.138. The molecular formula is C12H14N2O. The average molecular weight is 202 g/mol. The zero-order chi connectivity index (χ0) is 10.7. The van der Waals surface area contributed by atoms with Crippen molar-refractivity contribution in [2.75, 3.05) is 6.54 Å². The fourth-order valence-corrected chi connectivity index (χ4v) is 2.05. The highest BCUT2D eigenvalue weighted by Crippen LogP contribution is 2.31. The Morgan fingerprint density at radius 2 is 2.27 bits per heavy atom. The normalized spacial score (nSPS) is 20.9. The number of para-hydroxylation sites is 1. The summed E-state index contributed by atoms with van der Waals surface area (Å²) >= 11 is 0. The van der Waals surface area contributed by atoms with Crippen LogP contribution in [0.2, 0.25) is 0 Å². The summed E-state index contributed by atoms with van der Waals surface area (Å²) in [5, 5.41) is 22.0. The fraction of sp³-hybridized carbons (Fsp3) is 0.417. The number of nitrogens with one attached hydrogen (secondary N) is 1. The smallest absolute Gasteiger partial charge is 0.138 e. The first-order valence-corrected chi connectivity index (χ1v) is 5.28. The second kappa shape index (κ2) is 4.33. The molecule has 3 nitrogen and oxygen atoms in total. The van der Waals surface area contributed by atoms with E-state index in [4.69, 9.17) is 5.26 Å². The predicted molar refractivity (Wildman–Crippen MR) is 57.4 cm³/mol. The van der Waals surface area contributed by atoms with Crippen molar-refractivity contribution in [3.63, 3.8) is 0 Å². The van der Waals surface area contributed by atoms with Crippen LogP contribution < -0.4 is 5.32 Å². The van der Waals surface area contributed by atoms with E-state index in [-0.39, 0.29) is 11.8 Å². The van der Waals surface area contributed by atoms with Crippen LogP contribution in [-0.4, -0.2) is 11.7 Å². The van der Waals surface area contributed by atoms with E-state index >= 15 is 0 Å². The van der Waals surface area contributed by atoms with Crippen LogP contribution in [0, 0.1) is 11.3 Å². The number of nitrogens with zero attached hydrogens (tertiary/aromatic N) is 1. The van der Waals surface area contributed by atoms with Crippen molar-refractivity contribution >= 4 is 0 Å². The molecule has 1 saturated heterocycles. The highest BCUT2D eigenvalue weighted by Gasteiger charge is 2.18. The van der Waals surface area contributed by atoms with Crippen LogP contribution in [0.25, 0.3) is 0 Å². The molecule has 2 rings (SSSR count). The molecular weight excluding hydrogens is 188 g/mol. The summed E-state index contributed by atoms with van der Waals surface area (Å²) in [5.41, 5.74) is 1.22. The molecule has 0 amide bonds. The Morgan fingerprint density at radius 3 is 2.93 bits per heavy atom. The Labute approximate surface area is 89.4 Å². The fourth-order valence-electron chi connectivity index (χ4n) is 2.05. The van der Waals surface area contributed by atoms with Crippen LogP contribution in [0.1, 0.15) is 36.4 Å². The Bertz CT molecular complexity index is 389. The van der Waals surface area contributed by atoms with Crippen molar-refractivity contribution in [2.24, 2.45) is 0 Å². The number of piperidine rings is 1. The van der Waals surface area contributed by atoms with Crippen molar-refractivity contribution in [1.82, 2.24) is 5.32 Å². The van der Waals surface area contributed by atoms with E-state index in [1.165, 1.54) is 12.8 Å². The standard InChI is InChI=1S/C12H14N2O/c13-8-9-4-3-5-10(12(9)15)11-6-1-2-7-14-11/h3-5,11,14-15H,1-2,6-7H2/t11-/m1/s1. The first-order chi connectivity index (χ1) is 7.33. The molecule has 78 valence electrons. The van der Waals surface area contributed by atoms with Crippen molar-refractivity contribution in [3.8, 4) is 11.8 Å². The minimum Gasteiger partial charge on any atom is -0.506 e. The minimum absolute atomic E-state index is 0.138. The first-order valence-electron chi connectivity index (χ1n) is 5.28. The van der Waals surface area contributed by atoms with Gasteiger partial charge < -0.3 is 10.4 Å². The van der Waals surface area contributed by atoms with Gasteiger partial charge in [0.2, 0.25) is 0 Å². The third-order valence-corrected chi connectivity index (χ3v) is 2.87. The minimum atomic E-state index is 0.138. The lowest BCUT2D eigenvalue weighted by atomic mass is 9.95. The highest BCUT2D eigenvalue weighted by atomic mass is 16.3. The zero-order valence-electron chi connectivity index (χ0n) is 8.53. The van der Waals surface area contributed by atoms with Crippen LogP contribution in [0.3, 0.4) is 0 Å². The van der Waals surface area contributed by atoms with Crippen molar-refractivity contribution in [2.45, 2.75) is 25.3 Å². The summed E-state index contributed by atoms with van der Waals surface area (Å²) < 4.78 is 0. The molecule has 0 aromatic heterocycles. The summed E-state index contributed by atoms with van der Waals surface area (Å²) in [6.07, 6.45) is 3.39. The zero-order valence-corrected chi connectivity index (χ0v) is 8.53. The number of benzene rings is 1. The topological polar surface area (TPSA) is 56.0 Å². The summed E-state index contributed by atoms with van der Waals surface area (Å²) in [6, 6.07) is 7.55. The number of phenols is 1. The number of aromatic hydroxyl groups is 1. The van der Waals surface area contributed by atoms with E-state index in [2.05, 4.69) is 5.32 Å². The van der Waals surface area contributed by atoms with Gasteiger partial charge in [0, 0.05) is 11.6 Å². The molecule has 1 aromatic rings. The maximum Gasteiger partial charge on any atom is 0.138 e. The SMILES string of the molecule is N#Cc1cccc([C@H]2CCCCN2)c1O. The number of hydrogen-bond donors (Lipinski definition) is 2. The van der Waals surface area contributed by atoms with Crippen LogP contribution in [0.5, 0.6) is 5.75 Å². The molecule has 2 N–H and O–H groups in total. The second-order valence-electron chi connectivity index (χ2n) is 3.86. The molecule has 0 radical (unpaired) electrons. The number of nitriles is 1. The highest BCUT2D eigenvalue weighted by molar-refractivity contribution is 5.48. The molecule has 1 fully saturated rings. The molecule has 0 aliphatic carbocycles. The summed E-state index contributed by atoms with van der Waals surface area (Å²) in [4.78, 5) is 0. The van der Waals surface area contributed by atoms with Gasteiger partial charge in [0.15, 0.2) is 0 Å². The molecule has 1 aromatic carbocycles. The van der Waals surface area contributed by atoms with Gasteiger partial charge in [0.1, 0.15) is 11.8 Å². The van der Waals surface area contributed by atoms with Gasteiger partial charge >= 0.3 is 0 Å². The Hall–Kier alpha value is -1.53. The molecule has 1 aliphatic rings.